The van der Waals surface area contributed by atoms with Crippen molar-refractivity contribution in [2.45, 2.75) is 22.3 Å². The molecule has 1 heterocycles. The summed E-state index contributed by atoms with van der Waals surface area (Å²) in [5.74, 6) is 2.03. The zero-order chi connectivity index (χ0) is 16.6. The highest BCUT2D eigenvalue weighted by molar-refractivity contribution is 7.85. The molecule has 23 heavy (non-hydrogen) atoms. The Kier molecular flexibility index (Phi) is 3.67. The zero-order valence-corrected chi connectivity index (χ0v) is 13.4. The number of terminal acetylenes is 1. The van der Waals surface area contributed by atoms with Crippen molar-refractivity contribution in [3.8, 4) is 12.3 Å². The van der Waals surface area contributed by atoms with E-state index in [9.17, 15) is 9.00 Å². The molecule has 2 aromatic carbocycles. The molecule has 3 nitrogen and oxygen atoms in total. The topological polar surface area (TPSA) is 43.4 Å². The number of rotatable bonds is 2. The molecule has 0 radical (unpaired) electrons. The number of carbonyl (C=O) groups excluding carboxylic acids is 1. The van der Waals surface area contributed by atoms with Crippen molar-refractivity contribution in [2.75, 3.05) is 0 Å². The highest BCUT2D eigenvalue weighted by Crippen LogP contribution is 2.45. The van der Waals surface area contributed by atoms with Crippen LogP contribution in [-0.2, 0) is 25.9 Å². The van der Waals surface area contributed by atoms with Gasteiger partial charge in [0.2, 0.25) is 5.60 Å². The molecule has 0 bridgehead atoms. The van der Waals surface area contributed by atoms with E-state index in [0.717, 1.165) is 0 Å². The summed E-state index contributed by atoms with van der Waals surface area (Å²) in [6.45, 7) is 5.17. The number of hydrogen-bond donors (Lipinski definition) is 0. The molecule has 1 aliphatic rings. The van der Waals surface area contributed by atoms with Crippen LogP contribution in [0.1, 0.15) is 18.1 Å². The summed E-state index contributed by atoms with van der Waals surface area (Å²) in [6.07, 6.45) is 5.81. The molecule has 0 fully saturated rings. The molecule has 1 aliphatic heterocycles. The third-order valence-corrected chi connectivity index (χ3v) is 5.24. The second kappa shape index (κ2) is 5.53. The van der Waals surface area contributed by atoms with Crippen LogP contribution >= 0.6 is 0 Å². The Morgan fingerprint density at radius 3 is 2.04 bits per heavy atom. The van der Waals surface area contributed by atoms with E-state index in [1.807, 2.05) is 0 Å². The molecule has 0 N–H and O–H groups in total. The van der Waals surface area contributed by atoms with Crippen LogP contribution in [-0.4, -0.2) is 10.2 Å². The number of fused-ring (bicyclic) bond motifs is 2. The lowest BCUT2D eigenvalue weighted by Crippen LogP contribution is -2.37. The molecule has 3 rings (SSSR count). The van der Waals surface area contributed by atoms with Crippen molar-refractivity contribution >= 4 is 16.8 Å². The van der Waals surface area contributed by atoms with Crippen LogP contribution in [0.15, 0.2) is 70.5 Å². The van der Waals surface area contributed by atoms with Crippen molar-refractivity contribution in [1.82, 2.24) is 0 Å². The van der Waals surface area contributed by atoms with Gasteiger partial charge in [0.25, 0.3) is 0 Å². The van der Waals surface area contributed by atoms with Crippen LogP contribution in [0.2, 0.25) is 0 Å². The van der Waals surface area contributed by atoms with Crippen LogP contribution in [0.25, 0.3) is 0 Å². The summed E-state index contributed by atoms with van der Waals surface area (Å²) in [7, 11) is -1.37. The third-order valence-electron chi connectivity index (χ3n) is 3.73. The van der Waals surface area contributed by atoms with Gasteiger partial charge in [0.05, 0.1) is 20.6 Å². The van der Waals surface area contributed by atoms with Gasteiger partial charge in [0.1, 0.15) is 0 Å². The van der Waals surface area contributed by atoms with E-state index in [2.05, 4.69) is 12.5 Å². The Morgan fingerprint density at radius 1 is 1.13 bits per heavy atom. The molecule has 0 atom stereocenters. The Hall–Kier alpha value is -2.64. The molecule has 0 aromatic heterocycles. The predicted octanol–water partition coefficient (Wildman–Crippen LogP) is 3.16. The maximum atomic E-state index is 12.8. The fraction of sp³-hybridized carbons (Fsp3) is 0.105. The van der Waals surface area contributed by atoms with Crippen LogP contribution < -0.4 is 0 Å². The molecule has 0 saturated heterocycles. The second-order valence-corrected chi connectivity index (χ2v) is 6.67. The quantitative estimate of drug-likeness (QED) is 0.484. The van der Waals surface area contributed by atoms with Crippen LogP contribution in [0, 0.1) is 12.3 Å². The maximum absolute atomic E-state index is 12.8. The van der Waals surface area contributed by atoms with Gasteiger partial charge in [-0.05, 0) is 25.0 Å². The van der Waals surface area contributed by atoms with Crippen molar-refractivity contribution in [3.05, 3.63) is 71.8 Å². The SMILES string of the molecule is C#CC1(OC(=O)C(=C)C)c2ccccc2S(=O)c2ccccc21. The summed E-state index contributed by atoms with van der Waals surface area (Å²) in [5, 5.41) is 0. The molecule has 0 amide bonds. The van der Waals surface area contributed by atoms with Crippen LogP contribution in [0.3, 0.4) is 0 Å². The Balaban J connectivity index is 2.33. The molecule has 4 heteroatoms. The number of benzene rings is 2. The van der Waals surface area contributed by atoms with E-state index in [1.165, 1.54) is 0 Å². The number of esters is 1. The molecule has 0 aliphatic carbocycles. The first-order valence-corrected chi connectivity index (χ1v) is 8.13. The minimum absolute atomic E-state index is 0.251. The smallest absolute Gasteiger partial charge is 0.335 e. The first kappa shape index (κ1) is 15.3. The van der Waals surface area contributed by atoms with Gasteiger partial charge in [-0.2, -0.15) is 0 Å². The average molecular weight is 322 g/mol. The van der Waals surface area contributed by atoms with Gasteiger partial charge in [-0.15, -0.1) is 6.42 Å². The highest BCUT2D eigenvalue weighted by Gasteiger charge is 2.45. The van der Waals surface area contributed by atoms with Crippen molar-refractivity contribution in [2.24, 2.45) is 0 Å². The Morgan fingerprint density at radius 2 is 1.61 bits per heavy atom. The van der Waals surface area contributed by atoms with Gasteiger partial charge in [0, 0.05) is 16.7 Å². The molecule has 114 valence electrons. The van der Waals surface area contributed by atoms with E-state index < -0.39 is 22.4 Å². The fourth-order valence-electron chi connectivity index (χ4n) is 2.62. The zero-order valence-electron chi connectivity index (χ0n) is 12.5. The average Bonchev–Trinajstić information content (AvgIpc) is 2.58. The van der Waals surface area contributed by atoms with E-state index in [4.69, 9.17) is 11.2 Å². The van der Waals surface area contributed by atoms with E-state index in [-0.39, 0.29) is 5.57 Å². The standard InChI is InChI=1S/C19H14O3S/c1-4-19(22-18(20)13(2)3)14-9-5-7-11-16(14)23(21)17-12-8-6-10-15(17)19/h1,5-12H,2H2,3H3. The molecule has 0 spiro atoms. The predicted molar refractivity (Wildman–Crippen MR) is 88.1 cm³/mol. The minimum Gasteiger partial charge on any atom is -0.434 e. The lowest BCUT2D eigenvalue weighted by molar-refractivity contribution is -0.147. The monoisotopic (exact) mass is 322 g/mol. The number of hydrogen-bond acceptors (Lipinski definition) is 3. The summed E-state index contributed by atoms with van der Waals surface area (Å²) in [5.41, 5.74) is -0.0542. The summed E-state index contributed by atoms with van der Waals surface area (Å²) in [4.78, 5) is 13.3. The van der Waals surface area contributed by atoms with E-state index >= 15 is 0 Å². The first-order valence-electron chi connectivity index (χ1n) is 6.98. The Labute approximate surface area is 137 Å². The Bertz CT molecular complexity index is 840. The fourth-order valence-corrected chi connectivity index (χ4v) is 4.09. The van der Waals surface area contributed by atoms with Gasteiger partial charge in [0.15, 0.2) is 0 Å². The summed E-state index contributed by atoms with van der Waals surface area (Å²) < 4.78 is 18.5. The lowest BCUT2D eigenvalue weighted by Gasteiger charge is -2.35. The van der Waals surface area contributed by atoms with Gasteiger partial charge in [-0.1, -0.05) is 43.0 Å². The molecule has 0 saturated carbocycles. The highest BCUT2D eigenvalue weighted by atomic mass is 32.2. The summed E-state index contributed by atoms with van der Waals surface area (Å²) in [6, 6.07) is 14.1. The van der Waals surface area contributed by atoms with Gasteiger partial charge in [-0.3, -0.25) is 0 Å². The van der Waals surface area contributed by atoms with E-state index in [1.54, 1.807) is 55.5 Å². The van der Waals surface area contributed by atoms with Gasteiger partial charge in [-0.25, -0.2) is 9.00 Å². The third kappa shape index (κ3) is 2.21. The molecular weight excluding hydrogens is 308 g/mol. The largest absolute Gasteiger partial charge is 0.434 e. The molecular formula is C19H14O3S. The van der Waals surface area contributed by atoms with Crippen LogP contribution in [0.5, 0.6) is 0 Å². The molecule has 2 aromatic rings. The first-order chi connectivity index (χ1) is 11.0. The number of carbonyl (C=O) groups is 1. The van der Waals surface area contributed by atoms with Crippen molar-refractivity contribution < 1.29 is 13.7 Å². The minimum atomic E-state index is -1.41. The van der Waals surface area contributed by atoms with E-state index in [0.29, 0.717) is 20.9 Å². The van der Waals surface area contributed by atoms with Crippen molar-refractivity contribution in [1.29, 1.82) is 0 Å². The summed E-state index contributed by atoms with van der Waals surface area (Å²) >= 11 is 0. The normalized spacial score (nSPS) is 21.5. The lowest BCUT2D eigenvalue weighted by atomic mass is 9.86. The second-order valence-electron chi connectivity index (χ2n) is 5.26. The maximum Gasteiger partial charge on any atom is 0.335 e. The number of ether oxygens (including phenoxy) is 1. The van der Waals surface area contributed by atoms with Crippen molar-refractivity contribution in [3.63, 3.8) is 0 Å². The molecule has 0 unspecified atom stereocenters. The van der Waals surface area contributed by atoms with Crippen LogP contribution in [0.4, 0.5) is 0 Å². The van der Waals surface area contributed by atoms with Gasteiger partial charge < -0.3 is 4.74 Å². The van der Waals surface area contributed by atoms with Gasteiger partial charge >= 0.3 is 5.97 Å².